The Kier molecular flexibility index (Phi) is 5.98. The molecule has 3 rings (SSSR count). The Bertz CT molecular complexity index is 1120. The van der Waals surface area contributed by atoms with E-state index in [-0.39, 0.29) is 31.2 Å². The number of phenolic OH excluding ortho intramolecular Hbond substituents is 2. The molecule has 0 amide bonds. The molecule has 10 heteroatoms. The SMILES string of the molecule is O=S(=O)(O)C(c1cccc(O)c1O)(c1c(Cl)cccc1Cl)c1c(Cl)cccc1Cl. The number of para-hydroxylation sites is 1. The van der Waals surface area contributed by atoms with Crippen LogP contribution in [0.3, 0.4) is 0 Å². The second-order valence-corrected chi connectivity index (χ2v) is 9.21. The zero-order valence-electron chi connectivity index (χ0n) is 14.3. The summed E-state index contributed by atoms with van der Waals surface area (Å²) < 4.78 is 34.0. The predicted octanol–water partition coefficient (Wildman–Crippen LogP) is 5.89. The Morgan fingerprint density at radius 1 is 0.690 bits per heavy atom. The van der Waals surface area contributed by atoms with Crippen molar-refractivity contribution in [1.82, 2.24) is 0 Å². The summed E-state index contributed by atoms with van der Waals surface area (Å²) in [5, 5.41) is 20.0. The van der Waals surface area contributed by atoms with Gasteiger partial charge in [-0.2, -0.15) is 8.42 Å². The van der Waals surface area contributed by atoms with Gasteiger partial charge in [-0.1, -0.05) is 70.7 Å². The number of hydrogen-bond acceptors (Lipinski definition) is 4. The summed E-state index contributed by atoms with van der Waals surface area (Å²) in [7, 11) is -5.22. The summed E-state index contributed by atoms with van der Waals surface area (Å²) in [6.45, 7) is 0. The molecule has 0 saturated heterocycles. The molecular formula is C19H12Cl4O5S. The van der Waals surface area contributed by atoms with Gasteiger partial charge < -0.3 is 10.2 Å². The van der Waals surface area contributed by atoms with E-state index >= 15 is 0 Å². The fraction of sp³-hybridized carbons (Fsp3) is 0.0526. The van der Waals surface area contributed by atoms with Crippen molar-refractivity contribution in [2.24, 2.45) is 0 Å². The normalized spacial score (nSPS) is 12.2. The maximum atomic E-state index is 13.1. The third-order valence-electron chi connectivity index (χ3n) is 4.41. The van der Waals surface area contributed by atoms with Crippen LogP contribution < -0.4 is 0 Å². The van der Waals surface area contributed by atoms with E-state index in [1.807, 2.05) is 0 Å². The summed E-state index contributed by atoms with van der Waals surface area (Å²) in [6.07, 6.45) is 0. The van der Waals surface area contributed by atoms with Crippen LogP contribution in [0.5, 0.6) is 11.5 Å². The summed E-state index contributed by atoms with van der Waals surface area (Å²) in [4.78, 5) is 0. The summed E-state index contributed by atoms with van der Waals surface area (Å²) in [6, 6.07) is 12.0. The quantitative estimate of drug-likeness (QED) is 0.239. The van der Waals surface area contributed by atoms with Crippen LogP contribution in [0, 0.1) is 0 Å². The molecule has 0 aliphatic heterocycles. The Hall–Kier alpha value is -1.67. The number of benzene rings is 3. The third-order valence-corrected chi connectivity index (χ3v) is 7.07. The lowest BCUT2D eigenvalue weighted by atomic mass is 9.83. The molecule has 0 radical (unpaired) electrons. The summed E-state index contributed by atoms with van der Waals surface area (Å²) in [5.74, 6) is -1.46. The van der Waals surface area contributed by atoms with Crippen molar-refractivity contribution in [2.45, 2.75) is 4.75 Å². The standard InChI is InChI=1S/C19H12Cl4O5S/c20-11-5-2-6-12(21)16(11)19(29(26,27)28,10-4-1-9-15(24)18(10)25)17-13(22)7-3-8-14(17)23/h1-9,24-25H,(H,26,27,28). The van der Waals surface area contributed by atoms with Crippen LogP contribution in [0.25, 0.3) is 0 Å². The fourth-order valence-electron chi connectivity index (χ4n) is 3.27. The van der Waals surface area contributed by atoms with E-state index in [1.165, 1.54) is 48.5 Å². The van der Waals surface area contributed by atoms with Crippen molar-refractivity contribution >= 4 is 56.5 Å². The van der Waals surface area contributed by atoms with E-state index in [0.29, 0.717) is 0 Å². The van der Waals surface area contributed by atoms with E-state index in [4.69, 9.17) is 46.4 Å². The van der Waals surface area contributed by atoms with E-state index in [2.05, 4.69) is 0 Å². The molecule has 3 N–H and O–H groups in total. The Labute approximate surface area is 186 Å². The first-order chi connectivity index (χ1) is 13.5. The Morgan fingerprint density at radius 2 is 1.07 bits per heavy atom. The average Bonchev–Trinajstić information content (AvgIpc) is 2.61. The highest BCUT2D eigenvalue weighted by atomic mass is 35.5. The van der Waals surface area contributed by atoms with Gasteiger partial charge in [0.15, 0.2) is 16.2 Å². The molecular weight excluding hydrogens is 482 g/mol. The minimum absolute atomic E-state index is 0.145. The molecule has 0 heterocycles. The zero-order chi connectivity index (χ0) is 21.6. The predicted molar refractivity (Wildman–Crippen MR) is 114 cm³/mol. The van der Waals surface area contributed by atoms with Gasteiger partial charge in [-0.05, 0) is 30.3 Å². The van der Waals surface area contributed by atoms with Gasteiger partial charge in [0.2, 0.25) is 0 Å². The van der Waals surface area contributed by atoms with Crippen LogP contribution in [-0.2, 0) is 14.9 Å². The van der Waals surface area contributed by atoms with Gasteiger partial charge >= 0.3 is 0 Å². The highest BCUT2D eigenvalue weighted by Gasteiger charge is 2.54. The molecule has 152 valence electrons. The van der Waals surface area contributed by atoms with Crippen molar-refractivity contribution in [3.8, 4) is 11.5 Å². The van der Waals surface area contributed by atoms with Gasteiger partial charge in [0, 0.05) is 36.8 Å². The first kappa shape index (κ1) is 22.0. The minimum Gasteiger partial charge on any atom is -0.504 e. The van der Waals surface area contributed by atoms with E-state index in [9.17, 15) is 23.2 Å². The molecule has 29 heavy (non-hydrogen) atoms. The van der Waals surface area contributed by atoms with Crippen molar-refractivity contribution in [1.29, 1.82) is 0 Å². The number of aromatic hydroxyl groups is 2. The monoisotopic (exact) mass is 492 g/mol. The van der Waals surface area contributed by atoms with Crippen molar-refractivity contribution in [3.05, 3.63) is 91.4 Å². The van der Waals surface area contributed by atoms with E-state index < -0.39 is 31.9 Å². The van der Waals surface area contributed by atoms with Crippen LogP contribution in [0.15, 0.2) is 54.6 Å². The number of phenols is 2. The number of halogens is 4. The highest BCUT2D eigenvalue weighted by molar-refractivity contribution is 7.87. The molecule has 0 aliphatic carbocycles. The van der Waals surface area contributed by atoms with E-state index in [0.717, 1.165) is 6.07 Å². The summed E-state index contributed by atoms with van der Waals surface area (Å²) in [5.41, 5.74) is -1.02. The van der Waals surface area contributed by atoms with Gasteiger partial charge in [-0.3, -0.25) is 4.55 Å². The lowest BCUT2D eigenvalue weighted by Gasteiger charge is -2.35. The highest BCUT2D eigenvalue weighted by Crippen LogP contribution is 2.55. The first-order valence-corrected chi connectivity index (χ1v) is 10.9. The molecule has 0 aliphatic rings. The lowest BCUT2D eigenvalue weighted by molar-refractivity contribution is 0.394. The Balaban J connectivity index is 2.73. The maximum absolute atomic E-state index is 13.1. The summed E-state index contributed by atoms with van der Waals surface area (Å²) >= 11 is 25.3. The van der Waals surface area contributed by atoms with Gasteiger partial charge in [0.1, 0.15) is 0 Å². The van der Waals surface area contributed by atoms with Crippen molar-refractivity contribution in [3.63, 3.8) is 0 Å². The third kappa shape index (κ3) is 3.44. The molecule has 5 nitrogen and oxygen atoms in total. The van der Waals surface area contributed by atoms with Gasteiger partial charge in [-0.15, -0.1) is 0 Å². The topological polar surface area (TPSA) is 94.8 Å². The second-order valence-electron chi connectivity index (χ2n) is 6.02. The van der Waals surface area contributed by atoms with Gasteiger partial charge in [0.05, 0.1) is 0 Å². The largest absolute Gasteiger partial charge is 0.504 e. The molecule has 0 saturated carbocycles. The fourth-order valence-corrected chi connectivity index (χ4v) is 6.26. The first-order valence-electron chi connectivity index (χ1n) is 7.91. The molecule has 3 aromatic carbocycles. The molecule has 0 spiro atoms. The van der Waals surface area contributed by atoms with Crippen LogP contribution in [0.1, 0.15) is 16.7 Å². The molecule has 0 unspecified atom stereocenters. The molecule has 0 aromatic heterocycles. The van der Waals surface area contributed by atoms with Crippen molar-refractivity contribution < 1.29 is 23.2 Å². The van der Waals surface area contributed by atoms with Crippen molar-refractivity contribution in [2.75, 3.05) is 0 Å². The molecule has 3 aromatic rings. The van der Waals surface area contributed by atoms with Crippen LogP contribution in [-0.4, -0.2) is 23.2 Å². The second kappa shape index (κ2) is 7.87. The van der Waals surface area contributed by atoms with Crippen LogP contribution in [0.4, 0.5) is 0 Å². The van der Waals surface area contributed by atoms with E-state index in [1.54, 1.807) is 0 Å². The lowest BCUT2D eigenvalue weighted by Crippen LogP contribution is -2.39. The average molecular weight is 494 g/mol. The molecule has 0 atom stereocenters. The van der Waals surface area contributed by atoms with Gasteiger partial charge in [-0.25, -0.2) is 0 Å². The Morgan fingerprint density at radius 3 is 1.45 bits per heavy atom. The van der Waals surface area contributed by atoms with Crippen LogP contribution in [0.2, 0.25) is 20.1 Å². The molecule has 0 fully saturated rings. The van der Waals surface area contributed by atoms with Crippen LogP contribution >= 0.6 is 46.4 Å². The zero-order valence-corrected chi connectivity index (χ0v) is 18.1. The maximum Gasteiger partial charge on any atom is 0.283 e. The smallest absolute Gasteiger partial charge is 0.283 e. The molecule has 0 bridgehead atoms. The van der Waals surface area contributed by atoms with Gasteiger partial charge in [0.25, 0.3) is 10.1 Å². The number of hydrogen-bond donors (Lipinski definition) is 3. The number of rotatable bonds is 4. The minimum atomic E-state index is -5.22.